The second-order valence-electron chi connectivity index (χ2n) is 7.14. The van der Waals surface area contributed by atoms with E-state index in [4.69, 9.17) is 0 Å². The van der Waals surface area contributed by atoms with Crippen LogP contribution in [0, 0.1) is 6.92 Å². The molecule has 1 saturated heterocycles. The van der Waals surface area contributed by atoms with Gasteiger partial charge in [0.25, 0.3) is 0 Å². The van der Waals surface area contributed by atoms with E-state index in [0.29, 0.717) is 6.54 Å². The third kappa shape index (κ3) is 3.37. The molecule has 0 saturated carbocycles. The molecule has 4 nitrogen and oxygen atoms in total. The number of benzene rings is 2. The number of aryl methyl sites for hydroxylation is 2. The summed E-state index contributed by atoms with van der Waals surface area (Å²) in [4.78, 5) is 15.8. The Morgan fingerprint density at radius 3 is 2.85 bits per heavy atom. The lowest BCUT2D eigenvalue weighted by atomic mass is 9.84. The van der Waals surface area contributed by atoms with Gasteiger partial charge < -0.3 is 15.6 Å². The minimum atomic E-state index is -0.171. The number of para-hydroxylation sites is 1. The minimum Gasteiger partial charge on any atom is -0.361 e. The molecule has 2 heterocycles. The first-order valence-corrected chi connectivity index (χ1v) is 9.35. The van der Waals surface area contributed by atoms with Crippen molar-refractivity contribution >= 4 is 16.8 Å². The van der Waals surface area contributed by atoms with Crippen LogP contribution in [0.4, 0.5) is 0 Å². The number of carbonyl (C=O) groups excluding carboxylic acids is 1. The number of rotatable bonds is 5. The monoisotopic (exact) mass is 347 g/mol. The number of aromatic nitrogens is 1. The number of fused-ring (bicyclic) bond motifs is 1. The molecule has 2 atom stereocenters. The standard InChI is InChI=1S/C22H25N3O/c1-15-5-4-6-16(13-15)19(21-22(26)24-12-11-23-21)10-9-17-14-25-20-8-3-2-7-18(17)20/h2-8,13-14,19,21,23,25H,9-12H2,1H3,(H,24,26)/t19?,21-/m1/s1. The highest BCUT2D eigenvalue weighted by Gasteiger charge is 2.31. The van der Waals surface area contributed by atoms with Gasteiger partial charge in [0.05, 0.1) is 6.04 Å². The largest absolute Gasteiger partial charge is 0.361 e. The Balaban J connectivity index is 1.61. The van der Waals surface area contributed by atoms with Gasteiger partial charge in [-0.1, -0.05) is 48.0 Å². The van der Waals surface area contributed by atoms with Crippen LogP contribution in [0.15, 0.2) is 54.7 Å². The van der Waals surface area contributed by atoms with E-state index in [1.54, 1.807) is 0 Å². The van der Waals surface area contributed by atoms with Gasteiger partial charge in [-0.05, 0) is 37.0 Å². The Kier molecular flexibility index (Phi) is 4.76. The lowest BCUT2D eigenvalue weighted by Crippen LogP contribution is -2.55. The summed E-state index contributed by atoms with van der Waals surface area (Å²) in [6, 6.07) is 16.8. The second kappa shape index (κ2) is 7.34. The molecule has 0 radical (unpaired) electrons. The quantitative estimate of drug-likeness (QED) is 0.663. The molecule has 3 aromatic rings. The van der Waals surface area contributed by atoms with Crippen molar-refractivity contribution in [2.75, 3.05) is 13.1 Å². The lowest BCUT2D eigenvalue weighted by Gasteiger charge is -2.31. The highest BCUT2D eigenvalue weighted by molar-refractivity contribution is 5.84. The predicted octanol–water partition coefficient (Wildman–Crippen LogP) is 3.28. The molecule has 1 unspecified atom stereocenters. The van der Waals surface area contributed by atoms with Crippen molar-refractivity contribution in [3.05, 3.63) is 71.4 Å². The van der Waals surface area contributed by atoms with E-state index < -0.39 is 0 Å². The molecular weight excluding hydrogens is 322 g/mol. The molecule has 26 heavy (non-hydrogen) atoms. The SMILES string of the molecule is Cc1cccc(C(CCc2c[nH]c3ccccc23)[C@H]2NCCNC2=O)c1. The van der Waals surface area contributed by atoms with Crippen LogP contribution in [-0.2, 0) is 11.2 Å². The van der Waals surface area contributed by atoms with Crippen molar-refractivity contribution in [1.82, 2.24) is 15.6 Å². The van der Waals surface area contributed by atoms with E-state index >= 15 is 0 Å². The van der Waals surface area contributed by atoms with Crippen molar-refractivity contribution in [2.24, 2.45) is 0 Å². The first-order valence-electron chi connectivity index (χ1n) is 9.35. The van der Waals surface area contributed by atoms with Gasteiger partial charge in [-0.3, -0.25) is 4.79 Å². The molecule has 4 heteroatoms. The van der Waals surface area contributed by atoms with Gasteiger partial charge >= 0.3 is 0 Å². The van der Waals surface area contributed by atoms with Gasteiger partial charge in [-0.2, -0.15) is 0 Å². The summed E-state index contributed by atoms with van der Waals surface area (Å²) in [6.07, 6.45) is 3.97. The molecule has 1 aromatic heterocycles. The summed E-state index contributed by atoms with van der Waals surface area (Å²) in [5.74, 6) is 0.269. The number of H-pyrrole nitrogens is 1. The molecular formula is C22H25N3O. The maximum atomic E-state index is 12.5. The van der Waals surface area contributed by atoms with Crippen molar-refractivity contribution in [3.63, 3.8) is 0 Å². The maximum Gasteiger partial charge on any atom is 0.237 e. The number of piperazine rings is 1. The average molecular weight is 347 g/mol. The molecule has 0 bridgehead atoms. The third-order valence-electron chi connectivity index (χ3n) is 5.34. The summed E-state index contributed by atoms with van der Waals surface area (Å²) in [6.45, 7) is 3.64. The molecule has 1 aliphatic rings. The van der Waals surface area contributed by atoms with Gasteiger partial charge in [-0.15, -0.1) is 0 Å². The highest BCUT2D eigenvalue weighted by Crippen LogP contribution is 2.29. The first-order chi connectivity index (χ1) is 12.7. The predicted molar refractivity (Wildman–Crippen MR) is 105 cm³/mol. The molecule has 1 fully saturated rings. The van der Waals surface area contributed by atoms with E-state index in [0.717, 1.165) is 19.4 Å². The van der Waals surface area contributed by atoms with E-state index in [9.17, 15) is 4.79 Å². The van der Waals surface area contributed by atoms with Crippen molar-refractivity contribution < 1.29 is 4.79 Å². The fraction of sp³-hybridized carbons (Fsp3) is 0.318. The fourth-order valence-electron chi connectivity index (χ4n) is 4.02. The fourth-order valence-corrected chi connectivity index (χ4v) is 4.02. The number of nitrogens with one attached hydrogen (secondary N) is 3. The normalized spacial score (nSPS) is 18.7. The molecule has 0 aliphatic carbocycles. The summed E-state index contributed by atoms with van der Waals surface area (Å²) in [7, 11) is 0. The van der Waals surface area contributed by atoms with E-state index in [2.05, 4.69) is 77.3 Å². The molecule has 2 aromatic carbocycles. The van der Waals surface area contributed by atoms with Crippen LogP contribution in [0.25, 0.3) is 10.9 Å². The van der Waals surface area contributed by atoms with Gasteiger partial charge in [0, 0.05) is 36.1 Å². The van der Waals surface area contributed by atoms with E-state index in [1.165, 1.54) is 27.6 Å². The van der Waals surface area contributed by atoms with Gasteiger partial charge in [0.1, 0.15) is 0 Å². The smallest absolute Gasteiger partial charge is 0.237 e. The summed E-state index contributed by atoms with van der Waals surface area (Å²) in [5.41, 5.74) is 4.95. The van der Waals surface area contributed by atoms with Crippen LogP contribution in [0.3, 0.4) is 0 Å². The van der Waals surface area contributed by atoms with Crippen LogP contribution >= 0.6 is 0 Å². The Morgan fingerprint density at radius 2 is 2.00 bits per heavy atom. The Hall–Kier alpha value is -2.59. The van der Waals surface area contributed by atoms with Gasteiger partial charge in [-0.25, -0.2) is 0 Å². The van der Waals surface area contributed by atoms with E-state index in [1.807, 2.05) is 0 Å². The van der Waals surface area contributed by atoms with Crippen LogP contribution in [0.1, 0.15) is 29.0 Å². The molecule has 134 valence electrons. The first kappa shape index (κ1) is 16.9. The Bertz CT molecular complexity index is 914. The molecule has 4 rings (SSSR count). The lowest BCUT2D eigenvalue weighted by molar-refractivity contribution is -0.124. The zero-order valence-corrected chi connectivity index (χ0v) is 15.1. The summed E-state index contributed by atoms with van der Waals surface area (Å²) >= 11 is 0. The molecule has 1 aliphatic heterocycles. The van der Waals surface area contributed by atoms with Crippen molar-refractivity contribution in [1.29, 1.82) is 0 Å². The summed E-state index contributed by atoms with van der Waals surface area (Å²) in [5, 5.41) is 7.72. The topological polar surface area (TPSA) is 56.9 Å². The molecule has 3 N–H and O–H groups in total. The van der Waals surface area contributed by atoms with Gasteiger partial charge in [0.2, 0.25) is 5.91 Å². The van der Waals surface area contributed by atoms with Crippen LogP contribution in [0.5, 0.6) is 0 Å². The van der Waals surface area contributed by atoms with Crippen LogP contribution in [0.2, 0.25) is 0 Å². The second-order valence-corrected chi connectivity index (χ2v) is 7.14. The average Bonchev–Trinajstić information content (AvgIpc) is 3.07. The summed E-state index contributed by atoms with van der Waals surface area (Å²) < 4.78 is 0. The maximum absolute atomic E-state index is 12.5. The zero-order chi connectivity index (χ0) is 17.9. The van der Waals surface area contributed by atoms with Crippen LogP contribution < -0.4 is 10.6 Å². The number of carbonyl (C=O) groups is 1. The Labute approximate surface area is 154 Å². The van der Waals surface area contributed by atoms with Crippen molar-refractivity contribution in [2.45, 2.75) is 31.7 Å². The highest BCUT2D eigenvalue weighted by atomic mass is 16.2. The molecule has 1 amide bonds. The Morgan fingerprint density at radius 1 is 1.12 bits per heavy atom. The number of aromatic amines is 1. The molecule has 0 spiro atoms. The third-order valence-corrected chi connectivity index (χ3v) is 5.34. The van der Waals surface area contributed by atoms with Crippen LogP contribution in [-0.4, -0.2) is 30.0 Å². The number of hydrogen-bond donors (Lipinski definition) is 3. The minimum absolute atomic E-state index is 0.113. The van der Waals surface area contributed by atoms with Crippen molar-refractivity contribution in [3.8, 4) is 0 Å². The van der Waals surface area contributed by atoms with E-state index in [-0.39, 0.29) is 17.9 Å². The number of amides is 1. The zero-order valence-electron chi connectivity index (χ0n) is 15.1. The number of hydrogen-bond acceptors (Lipinski definition) is 2. The van der Waals surface area contributed by atoms with Gasteiger partial charge in [0.15, 0.2) is 0 Å².